The Balaban J connectivity index is 2.22. The standard InChI is InChI=1S/C12H17BrO2/c1-3-15-10(2)8-14-9-11-4-6-12(13)7-5-11/h4-7,10H,3,8-9H2,1-2H3. The zero-order valence-corrected chi connectivity index (χ0v) is 10.8. The summed E-state index contributed by atoms with van der Waals surface area (Å²) in [6.07, 6.45) is 0.172. The first kappa shape index (κ1) is 12.7. The lowest BCUT2D eigenvalue weighted by Gasteiger charge is -2.11. The highest BCUT2D eigenvalue weighted by molar-refractivity contribution is 9.10. The predicted molar refractivity (Wildman–Crippen MR) is 64.9 cm³/mol. The maximum absolute atomic E-state index is 5.53. The van der Waals surface area contributed by atoms with Gasteiger partial charge in [-0.3, -0.25) is 0 Å². The summed E-state index contributed by atoms with van der Waals surface area (Å²) < 4.78 is 12.0. The number of benzene rings is 1. The molecule has 0 aliphatic carbocycles. The Morgan fingerprint density at radius 3 is 2.53 bits per heavy atom. The molecular formula is C12H17BrO2. The van der Waals surface area contributed by atoms with E-state index in [1.807, 2.05) is 26.0 Å². The van der Waals surface area contributed by atoms with Gasteiger partial charge >= 0.3 is 0 Å². The molecule has 0 aliphatic rings. The van der Waals surface area contributed by atoms with Crippen molar-refractivity contribution in [2.24, 2.45) is 0 Å². The second-order valence-electron chi connectivity index (χ2n) is 3.41. The van der Waals surface area contributed by atoms with Gasteiger partial charge in [0.05, 0.1) is 19.3 Å². The van der Waals surface area contributed by atoms with E-state index in [-0.39, 0.29) is 6.10 Å². The van der Waals surface area contributed by atoms with Crippen LogP contribution in [0.1, 0.15) is 19.4 Å². The third-order valence-corrected chi connectivity index (χ3v) is 2.51. The van der Waals surface area contributed by atoms with Crippen molar-refractivity contribution in [3.05, 3.63) is 34.3 Å². The number of ether oxygens (including phenoxy) is 2. The quantitative estimate of drug-likeness (QED) is 0.791. The van der Waals surface area contributed by atoms with E-state index in [0.717, 1.165) is 11.1 Å². The van der Waals surface area contributed by atoms with Crippen LogP contribution in [0.4, 0.5) is 0 Å². The van der Waals surface area contributed by atoms with Crippen LogP contribution in [0.3, 0.4) is 0 Å². The SMILES string of the molecule is CCOC(C)COCc1ccc(Br)cc1. The van der Waals surface area contributed by atoms with Gasteiger partial charge in [0.1, 0.15) is 0 Å². The summed E-state index contributed by atoms with van der Waals surface area (Å²) in [6.45, 7) is 6.04. The summed E-state index contributed by atoms with van der Waals surface area (Å²) in [7, 11) is 0. The Bertz CT molecular complexity index is 271. The highest BCUT2D eigenvalue weighted by Crippen LogP contribution is 2.11. The van der Waals surface area contributed by atoms with Gasteiger partial charge < -0.3 is 9.47 Å². The Hall–Kier alpha value is -0.380. The van der Waals surface area contributed by atoms with Gasteiger partial charge in [-0.25, -0.2) is 0 Å². The molecule has 1 rings (SSSR count). The van der Waals surface area contributed by atoms with E-state index in [0.29, 0.717) is 13.2 Å². The van der Waals surface area contributed by atoms with Crippen LogP contribution in [-0.2, 0) is 16.1 Å². The highest BCUT2D eigenvalue weighted by Gasteiger charge is 2.00. The zero-order chi connectivity index (χ0) is 11.1. The first-order valence-electron chi connectivity index (χ1n) is 5.16. The Kier molecular flexibility index (Phi) is 5.91. The molecule has 0 saturated carbocycles. The molecule has 0 amide bonds. The molecule has 0 aromatic heterocycles. The maximum atomic E-state index is 5.53. The average molecular weight is 273 g/mol. The molecule has 1 atom stereocenters. The second kappa shape index (κ2) is 6.99. The molecule has 3 heteroatoms. The first-order chi connectivity index (χ1) is 7.22. The smallest absolute Gasteiger partial charge is 0.0780 e. The van der Waals surface area contributed by atoms with Crippen LogP contribution in [-0.4, -0.2) is 19.3 Å². The molecule has 0 N–H and O–H groups in total. The molecule has 0 fully saturated rings. The molecule has 1 unspecified atom stereocenters. The van der Waals surface area contributed by atoms with E-state index < -0.39 is 0 Å². The van der Waals surface area contributed by atoms with E-state index in [2.05, 4.69) is 28.1 Å². The summed E-state index contributed by atoms with van der Waals surface area (Å²) in [5.74, 6) is 0. The van der Waals surface area contributed by atoms with E-state index in [9.17, 15) is 0 Å². The van der Waals surface area contributed by atoms with Crippen molar-refractivity contribution in [3.63, 3.8) is 0 Å². The monoisotopic (exact) mass is 272 g/mol. The second-order valence-corrected chi connectivity index (χ2v) is 4.32. The fourth-order valence-corrected chi connectivity index (χ4v) is 1.52. The molecule has 0 saturated heterocycles. The van der Waals surface area contributed by atoms with Gasteiger partial charge in [0.25, 0.3) is 0 Å². The van der Waals surface area contributed by atoms with Gasteiger partial charge in [0.15, 0.2) is 0 Å². The van der Waals surface area contributed by atoms with Crippen molar-refractivity contribution < 1.29 is 9.47 Å². The van der Waals surface area contributed by atoms with Crippen molar-refractivity contribution >= 4 is 15.9 Å². The lowest BCUT2D eigenvalue weighted by molar-refractivity contribution is -0.00713. The van der Waals surface area contributed by atoms with Crippen LogP contribution in [0.25, 0.3) is 0 Å². The topological polar surface area (TPSA) is 18.5 Å². The van der Waals surface area contributed by atoms with Gasteiger partial charge in [-0.2, -0.15) is 0 Å². The molecule has 0 bridgehead atoms. The van der Waals surface area contributed by atoms with Crippen LogP contribution in [0.2, 0.25) is 0 Å². The first-order valence-corrected chi connectivity index (χ1v) is 5.95. The number of halogens is 1. The van der Waals surface area contributed by atoms with Crippen LogP contribution >= 0.6 is 15.9 Å². The van der Waals surface area contributed by atoms with E-state index >= 15 is 0 Å². The highest BCUT2D eigenvalue weighted by atomic mass is 79.9. The molecule has 0 spiro atoms. The van der Waals surface area contributed by atoms with E-state index in [1.165, 1.54) is 5.56 Å². The molecule has 84 valence electrons. The van der Waals surface area contributed by atoms with Crippen molar-refractivity contribution in [1.29, 1.82) is 0 Å². The minimum atomic E-state index is 0.172. The molecule has 2 nitrogen and oxygen atoms in total. The third kappa shape index (κ3) is 5.30. The fourth-order valence-electron chi connectivity index (χ4n) is 1.26. The van der Waals surface area contributed by atoms with Crippen molar-refractivity contribution in [1.82, 2.24) is 0 Å². The predicted octanol–water partition coefficient (Wildman–Crippen LogP) is 3.39. The number of hydrogen-bond acceptors (Lipinski definition) is 2. The van der Waals surface area contributed by atoms with Crippen molar-refractivity contribution in [3.8, 4) is 0 Å². The van der Waals surface area contributed by atoms with Gasteiger partial charge in [0, 0.05) is 11.1 Å². The van der Waals surface area contributed by atoms with Crippen LogP contribution in [0.5, 0.6) is 0 Å². The molecule has 0 radical (unpaired) electrons. The minimum Gasteiger partial charge on any atom is -0.376 e. The number of rotatable bonds is 6. The maximum Gasteiger partial charge on any atom is 0.0780 e. The van der Waals surface area contributed by atoms with Gasteiger partial charge in [-0.15, -0.1) is 0 Å². The Morgan fingerprint density at radius 1 is 1.27 bits per heavy atom. The van der Waals surface area contributed by atoms with E-state index in [1.54, 1.807) is 0 Å². The lowest BCUT2D eigenvalue weighted by Crippen LogP contribution is -2.15. The summed E-state index contributed by atoms with van der Waals surface area (Å²) >= 11 is 3.40. The molecule has 1 aromatic rings. The van der Waals surface area contributed by atoms with Gasteiger partial charge in [-0.1, -0.05) is 28.1 Å². The van der Waals surface area contributed by atoms with Crippen molar-refractivity contribution in [2.45, 2.75) is 26.6 Å². The number of hydrogen-bond donors (Lipinski definition) is 0. The summed E-state index contributed by atoms with van der Waals surface area (Å²) in [5, 5.41) is 0. The molecule has 0 heterocycles. The molecule has 1 aromatic carbocycles. The van der Waals surface area contributed by atoms with Crippen LogP contribution < -0.4 is 0 Å². The van der Waals surface area contributed by atoms with Gasteiger partial charge in [0.2, 0.25) is 0 Å². The zero-order valence-electron chi connectivity index (χ0n) is 9.20. The van der Waals surface area contributed by atoms with Crippen molar-refractivity contribution in [2.75, 3.05) is 13.2 Å². The fraction of sp³-hybridized carbons (Fsp3) is 0.500. The van der Waals surface area contributed by atoms with E-state index in [4.69, 9.17) is 9.47 Å². The summed E-state index contributed by atoms with van der Waals surface area (Å²) in [5.41, 5.74) is 1.18. The average Bonchev–Trinajstić information content (AvgIpc) is 2.21. The summed E-state index contributed by atoms with van der Waals surface area (Å²) in [4.78, 5) is 0. The third-order valence-electron chi connectivity index (χ3n) is 1.99. The largest absolute Gasteiger partial charge is 0.376 e. The Morgan fingerprint density at radius 2 is 1.93 bits per heavy atom. The molecule has 15 heavy (non-hydrogen) atoms. The van der Waals surface area contributed by atoms with Gasteiger partial charge in [-0.05, 0) is 31.5 Å². The molecule has 0 aliphatic heterocycles. The van der Waals surface area contributed by atoms with Crippen LogP contribution in [0, 0.1) is 0 Å². The normalized spacial score (nSPS) is 12.7. The van der Waals surface area contributed by atoms with Crippen LogP contribution in [0.15, 0.2) is 28.7 Å². The minimum absolute atomic E-state index is 0.172. The molecular weight excluding hydrogens is 256 g/mol. The summed E-state index contributed by atoms with van der Waals surface area (Å²) in [6, 6.07) is 8.14. The Labute approximate surface area is 99.7 Å². The lowest BCUT2D eigenvalue weighted by atomic mass is 10.2.